The summed E-state index contributed by atoms with van der Waals surface area (Å²) in [5.41, 5.74) is 7.94. The van der Waals surface area contributed by atoms with Crippen molar-refractivity contribution in [1.29, 1.82) is 0 Å². The second-order valence-corrected chi connectivity index (χ2v) is 6.05. The summed E-state index contributed by atoms with van der Waals surface area (Å²) in [5.74, 6) is 0. The molecule has 2 N–H and O–H groups in total. The van der Waals surface area contributed by atoms with Gasteiger partial charge in [0.15, 0.2) is 0 Å². The number of benzene rings is 1. The number of anilines is 2. The maximum absolute atomic E-state index is 5.77. The summed E-state index contributed by atoms with van der Waals surface area (Å²) >= 11 is 0. The Hall–Kier alpha value is -1.18. The van der Waals surface area contributed by atoms with Crippen LogP contribution in [0.15, 0.2) is 24.3 Å². The Morgan fingerprint density at radius 1 is 0.714 bits per heavy atom. The topological polar surface area (TPSA) is 29.3 Å². The van der Waals surface area contributed by atoms with Gasteiger partial charge in [0.2, 0.25) is 0 Å². The smallest absolute Gasteiger partial charge is 0.0367 e. The molecule has 0 amide bonds. The van der Waals surface area contributed by atoms with Crippen LogP contribution in [-0.4, -0.2) is 13.1 Å². The summed E-state index contributed by atoms with van der Waals surface area (Å²) in [6.07, 6.45) is 12.3. The lowest BCUT2D eigenvalue weighted by Gasteiger charge is -2.24. The standard InChI is InChI=1S/C19H34N2/c1-3-5-6-7-8-9-10-11-17-21(16-4-2)19-14-12-18(20)13-15-19/h12-15H,3-11,16-17,20H2,1-2H3. The Bertz CT molecular complexity index is 345. The van der Waals surface area contributed by atoms with E-state index in [1.165, 1.54) is 70.0 Å². The molecule has 0 saturated heterocycles. The van der Waals surface area contributed by atoms with Crippen LogP contribution in [0.4, 0.5) is 11.4 Å². The highest BCUT2D eigenvalue weighted by molar-refractivity contribution is 5.53. The maximum atomic E-state index is 5.77. The zero-order valence-corrected chi connectivity index (χ0v) is 14.1. The minimum Gasteiger partial charge on any atom is -0.399 e. The van der Waals surface area contributed by atoms with E-state index in [9.17, 15) is 0 Å². The van der Waals surface area contributed by atoms with Crippen LogP contribution in [0.25, 0.3) is 0 Å². The lowest BCUT2D eigenvalue weighted by Crippen LogP contribution is -2.25. The molecular formula is C19H34N2. The van der Waals surface area contributed by atoms with Gasteiger partial charge in [0.05, 0.1) is 0 Å². The molecule has 0 aliphatic rings. The van der Waals surface area contributed by atoms with E-state index in [2.05, 4.69) is 30.9 Å². The molecule has 1 rings (SSSR count). The molecule has 0 saturated carbocycles. The summed E-state index contributed by atoms with van der Waals surface area (Å²) < 4.78 is 0. The number of nitrogens with zero attached hydrogens (tertiary/aromatic N) is 1. The molecular weight excluding hydrogens is 256 g/mol. The summed E-state index contributed by atoms with van der Waals surface area (Å²) in [6, 6.07) is 8.31. The molecule has 0 spiro atoms. The Morgan fingerprint density at radius 3 is 1.86 bits per heavy atom. The van der Waals surface area contributed by atoms with Crippen molar-refractivity contribution < 1.29 is 0 Å². The van der Waals surface area contributed by atoms with Gasteiger partial charge in [0.1, 0.15) is 0 Å². The fraction of sp³-hybridized carbons (Fsp3) is 0.684. The highest BCUT2D eigenvalue weighted by Gasteiger charge is 2.04. The third-order valence-electron chi connectivity index (χ3n) is 4.03. The first-order chi connectivity index (χ1) is 10.3. The number of unbranched alkanes of at least 4 members (excludes halogenated alkanes) is 7. The Balaban J connectivity index is 2.21. The molecule has 0 bridgehead atoms. The summed E-state index contributed by atoms with van der Waals surface area (Å²) in [7, 11) is 0. The second-order valence-electron chi connectivity index (χ2n) is 6.05. The quantitative estimate of drug-likeness (QED) is 0.399. The van der Waals surface area contributed by atoms with Crippen molar-refractivity contribution in [3.8, 4) is 0 Å². The number of hydrogen-bond donors (Lipinski definition) is 1. The first-order valence-electron chi connectivity index (χ1n) is 8.88. The molecule has 2 heteroatoms. The van der Waals surface area contributed by atoms with Crippen LogP contribution in [0.1, 0.15) is 71.6 Å². The van der Waals surface area contributed by atoms with Crippen molar-refractivity contribution in [2.24, 2.45) is 0 Å². The maximum Gasteiger partial charge on any atom is 0.0367 e. The van der Waals surface area contributed by atoms with Crippen molar-refractivity contribution in [3.05, 3.63) is 24.3 Å². The van der Waals surface area contributed by atoms with Crippen LogP contribution in [0, 0.1) is 0 Å². The summed E-state index contributed by atoms with van der Waals surface area (Å²) in [5, 5.41) is 0. The molecule has 2 nitrogen and oxygen atoms in total. The van der Waals surface area contributed by atoms with Crippen molar-refractivity contribution in [2.75, 3.05) is 23.7 Å². The minimum absolute atomic E-state index is 0.849. The zero-order valence-electron chi connectivity index (χ0n) is 14.1. The monoisotopic (exact) mass is 290 g/mol. The average molecular weight is 290 g/mol. The number of hydrogen-bond acceptors (Lipinski definition) is 2. The first-order valence-corrected chi connectivity index (χ1v) is 8.88. The SMILES string of the molecule is CCCCCCCCCCN(CCC)c1ccc(N)cc1. The van der Waals surface area contributed by atoms with E-state index >= 15 is 0 Å². The fourth-order valence-electron chi connectivity index (χ4n) is 2.76. The van der Waals surface area contributed by atoms with E-state index in [0.717, 1.165) is 12.2 Å². The van der Waals surface area contributed by atoms with Gasteiger partial charge in [-0.2, -0.15) is 0 Å². The Kier molecular flexibility index (Phi) is 9.77. The van der Waals surface area contributed by atoms with Gasteiger partial charge in [-0.25, -0.2) is 0 Å². The molecule has 0 unspecified atom stereocenters. The molecule has 0 aliphatic carbocycles. The molecule has 0 heterocycles. The van der Waals surface area contributed by atoms with Gasteiger partial charge in [-0.15, -0.1) is 0 Å². The molecule has 21 heavy (non-hydrogen) atoms. The third-order valence-corrected chi connectivity index (χ3v) is 4.03. The predicted molar refractivity (Wildman–Crippen MR) is 96.0 cm³/mol. The molecule has 0 radical (unpaired) electrons. The third kappa shape index (κ3) is 7.99. The van der Waals surface area contributed by atoms with Crippen LogP contribution >= 0.6 is 0 Å². The van der Waals surface area contributed by atoms with Crippen LogP contribution in [0.3, 0.4) is 0 Å². The van der Waals surface area contributed by atoms with Gasteiger partial charge in [0, 0.05) is 24.5 Å². The van der Waals surface area contributed by atoms with Gasteiger partial charge >= 0.3 is 0 Å². The Labute approximate surface area is 131 Å². The largest absolute Gasteiger partial charge is 0.399 e. The minimum atomic E-state index is 0.849. The highest BCUT2D eigenvalue weighted by Crippen LogP contribution is 2.18. The van der Waals surface area contributed by atoms with Crippen molar-refractivity contribution in [2.45, 2.75) is 71.6 Å². The lowest BCUT2D eigenvalue weighted by molar-refractivity contribution is 0.570. The van der Waals surface area contributed by atoms with Crippen LogP contribution < -0.4 is 10.6 Å². The number of rotatable bonds is 12. The van der Waals surface area contributed by atoms with Crippen molar-refractivity contribution >= 4 is 11.4 Å². The molecule has 0 atom stereocenters. The van der Waals surface area contributed by atoms with Crippen LogP contribution in [0.2, 0.25) is 0 Å². The van der Waals surface area contributed by atoms with Gasteiger partial charge in [-0.1, -0.05) is 58.8 Å². The van der Waals surface area contributed by atoms with Gasteiger partial charge in [0.25, 0.3) is 0 Å². The van der Waals surface area contributed by atoms with E-state index in [0.29, 0.717) is 0 Å². The van der Waals surface area contributed by atoms with Gasteiger partial charge in [-0.05, 0) is 37.1 Å². The van der Waals surface area contributed by atoms with E-state index in [1.54, 1.807) is 0 Å². The molecule has 120 valence electrons. The summed E-state index contributed by atoms with van der Waals surface area (Å²) in [4.78, 5) is 2.50. The Morgan fingerprint density at radius 2 is 1.29 bits per heavy atom. The molecule has 1 aromatic rings. The van der Waals surface area contributed by atoms with E-state index < -0.39 is 0 Å². The van der Waals surface area contributed by atoms with Gasteiger partial charge < -0.3 is 10.6 Å². The summed E-state index contributed by atoms with van der Waals surface area (Å²) in [6.45, 7) is 6.84. The molecule has 0 fully saturated rings. The van der Waals surface area contributed by atoms with Crippen LogP contribution in [0.5, 0.6) is 0 Å². The molecule has 1 aromatic carbocycles. The van der Waals surface area contributed by atoms with Gasteiger partial charge in [-0.3, -0.25) is 0 Å². The second kappa shape index (κ2) is 11.5. The number of nitrogens with two attached hydrogens (primary N) is 1. The van der Waals surface area contributed by atoms with E-state index in [1.807, 2.05) is 12.1 Å². The normalized spacial score (nSPS) is 10.8. The number of nitrogen functional groups attached to an aromatic ring is 1. The zero-order chi connectivity index (χ0) is 15.3. The van der Waals surface area contributed by atoms with E-state index in [-0.39, 0.29) is 0 Å². The van der Waals surface area contributed by atoms with Crippen LogP contribution in [-0.2, 0) is 0 Å². The molecule has 0 aliphatic heterocycles. The van der Waals surface area contributed by atoms with E-state index in [4.69, 9.17) is 5.73 Å². The first kappa shape index (κ1) is 17.9. The van der Waals surface area contributed by atoms with Crippen molar-refractivity contribution in [1.82, 2.24) is 0 Å². The predicted octanol–water partition coefficient (Wildman–Crippen LogP) is 5.63. The average Bonchev–Trinajstić information content (AvgIpc) is 2.50. The van der Waals surface area contributed by atoms with Crippen molar-refractivity contribution in [3.63, 3.8) is 0 Å². The molecule has 0 aromatic heterocycles. The fourth-order valence-corrected chi connectivity index (χ4v) is 2.76. The lowest BCUT2D eigenvalue weighted by atomic mass is 10.1. The highest BCUT2D eigenvalue weighted by atomic mass is 15.1.